The highest BCUT2D eigenvalue weighted by molar-refractivity contribution is 5.86. The summed E-state index contributed by atoms with van der Waals surface area (Å²) < 4.78 is 0. The van der Waals surface area contributed by atoms with Crippen molar-refractivity contribution in [1.29, 1.82) is 0 Å². The number of aryl methyl sites for hydroxylation is 2. The van der Waals surface area contributed by atoms with Crippen LogP contribution in [0.3, 0.4) is 0 Å². The average Bonchev–Trinajstić information content (AvgIpc) is 2.28. The van der Waals surface area contributed by atoms with Gasteiger partial charge in [-0.3, -0.25) is 0 Å². The summed E-state index contributed by atoms with van der Waals surface area (Å²) in [7, 11) is 0. The summed E-state index contributed by atoms with van der Waals surface area (Å²) >= 11 is 0. The van der Waals surface area contributed by atoms with Gasteiger partial charge in [0.15, 0.2) is 0 Å². The molecule has 0 atom stereocenters. The number of nitrogens with two attached hydrogens (primary N) is 1. The Morgan fingerprint density at radius 2 is 1.93 bits per heavy atom. The number of amidine groups is 1. The quantitative estimate of drug-likeness (QED) is 0.662. The molecule has 2 nitrogen and oxygen atoms in total. The lowest BCUT2D eigenvalue weighted by Crippen LogP contribution is -2.14. The van der Waals surface area contributed by atoms with Crippen LogP contribution in [-0.2, 0) is 6.42 Å². The Morgan fingerprint density at radius 1 is 1.21 bits per heavy atom. The van der Waals surface area contributed by atoms with Gasteiger partial charge < -0.3 is 5.73 Å². The van der Waals surface area contributed by atoms with Gasteiger partial charge in [0.05, 0.1) is 0 Å². The number of hydrogen-bond donors (Lipinski definition) is 1. The Kier molecular flexibility index (Phi) is 2.12. The summed E-state index contributed by atoms with van der Waals surface area (Å²) in [6, 6.07) is 4.39. The molecule has 72 valence electrons. The van der Waals surface area contributed by atoms with Gasteiger partial charge in [0.25, 0.3) is 0 Å². The fraction of sp³-hybridized carbons (Fsp3) is 0.250. The van der Waals surface area contributed by atoms with Crippen LogP contribution in [0.25, 0.3) is 6.08 Å². The third-order valence-corrected chi connectivity index (χ3v) is 2.62. The van der Waals surface area contributed by atoms with Crippen molar-refractivity contribution in [2.24, 2.45) is 10.7 Å². The Hall–Kier alpha value is -1.57. The first-order valence-electron chi connectivity index (χ1n) is 4.75. The van der Waals surface area contributed by atoms with E-state index in [9.17, 15) is 0 Å². The fourth-order valence-corrected chi connectivity index (χ4v) is 1.66. The van der Waals surface area contributed by atoms with Gasteiger partial charge in [0.2, 0.25) is 0 Å². The Labute approximate surface area is 84.2 Å². The second-order valence-corrected chi connectivity index (χ2v) is 3.75. The molecule has 0 amide bonds. The van der Waals surface area contributed by atoms with Crippen molar-refractivity contribution in [2.45, 2.75) is 20.3 Å². The Morgan fingerprint density at radius 3 is 2.71 bits per heavy atom. The third-order valence-electron chi connectivity index (χ3n) is 2.62. The molecule has 1 aliphatic heterocycles. The number of fused-ring (bicyclic) bond motifs is 1. The molecule has 0 fully saturated rings. The van der Waals surface area contributed by atoms with Gasteiger partial charge in [-0.15, -0.1) is 0 Å². The molecule has 0 saturated heterocycles. The molecule has 1 aromatic rings. The van der Waals surface area contributed by atoms with Crippen molar-refractivity contribution in [3.8, 4) is 0 Å². The molecular weight excluding hydrogens is 172 g/mol. The summed E-state index contributed by atoms with van der Waals surface area (Å²) in [4.78, 5) is 4.11. The summed E-state index contributed by atoms with van der Waals surface area (Å²) in [5.74, 6) is 0.684. The van der Waals surface area contributed by atoms with E-state index in [-0.39, 0.29) is 0 Å². The molecule has 2 heteroatoms. The maximum atomic E-state index is 5.74. The molecule has 2 rings (SSSR count). The van der Waals surface area contributed by atoms with Crippen LogP contribution in [0.5, 0.6) is 0 Å². The maximum Gasteiger partial charge on any atom is 0.103 e. The van der Waals surface area contributed by atoms with Crippen LogP contribution in [0.1, 0.15) is 22.3 Å². The zero-order valence-electron chi connectivity index (χ0n) is 8.54. The van der Waals surface area contributed by atoms with Gasteiger partial charge >= 0.3 is 0 Å². The van der Waals surface area contributed by atoms with E-state index in [2.05, 4.69) is 31.0 Å². The second-order valence-electron chi connectivity index (χ2n) is 3.75. The predicted octanol–water partition coefficient (Wildman–Crippen LogP) is 2.19. The number of benzene rings is 1. The van der Waals surface area contributed by atoms with E-state index in [1.165, 1.54) is 22.3 Å². The van der Waals surface area contributed by atoms with E-state index in [1.54, 1.807) is 6.20 Å². The van der Waals surface area contributed by atoms with Crippen LogP contribution < -0.4 is 5.73 Å². The molecule has 1 aromatic carbocycles. The van der Waals surface area contributed by atoms with Crippen LogP contribution >= 0.6 is 0 Å². The first kappa shape index (κ1) is 9.00. The van der Waals surface area contributed by atoms with E-state index >= 15 is 0 Å². The van der Waals surface area contributed by atoms with Gasteiger partial charge in [0, 0.05) is 12.6 Å². The predicted molar refractivity (Wildman–Crippen MR) is 60.3 cm³/mol. The van der Waals surface area contributed by atoms with Crippen molar-refractivity contribution in [1.82, 2.24) is 0 Å². The summed E-state index contributed by atoms with van der Waals surface area (Å²) in [6.45, 7) is 4.25. The van der Waals surface area contributed by atoms with E-state index in [4.69, 9.17) is 5.73 Å². The molecule has 1 heterocycles. The molecule has 2 N–H and O–H groups in total. The van der Waals surface area contributed by atoms with Crippen molar-refractivity contribution in [3.05, 3.63) is 40.6 Å². The lowest BCUT2D eigenvalue weighted by Gasteiger charge is -2.08. The first-order valence-corrected chi connectivity index (χ1v) is 4.75. The lowest BCUT2D eigenvalue weighted by molar-refractivity contribution is 1.23. The number of nitrogens with zero attached hydrogens (tertiary/aromatic N) is 1. The second kappa shape index (κ2) is 3.29. The maximum absolute atomic E-state index is 5.74. The molecule has 1 aliphatic rings. The third kappa shape index (κ3) is 1.55. The first-order chi connectivity index (χ1) is 6.66. The van der Waals surface area contributed by atoms with Gasteiger partial charge in [-0.25, -0.2) is 4.99 Å². The van der Waals surface area contributed by atoms with Gasteiger partial charge in [-0.05, 0) is 42.2 Å². The highest BCUT2D eigenvalue weighted by Gasteiger charge is 2.07. The van der Waals surface area contributed by atoms with Crippen molar-refractivity contribution in [2.75, 3.05) is 0 Å². The SMILES string of the molecule is Cc1cc2c(cc1C)CC(N)=NC=C2. The van der Waals surface area contributed by atoms with E-state index < -0.39 is 0 Å². The van der Waals surface area contributed by atoms with E-state index in [0.29, 0.717) is 5.84 Å². The molecule has 0 aliphatic carbocycles. The van der Waals surface area contributed by atoms with Crippen molar-refractivity contribution in [3.63, 3.8) is 0 Å². The molecular formula is C12H14N2. The fourth-order valence-electron chi connectivity index (χ4n) is 1.66. The smallest absolute Gasteiger partial charge is 0.103 e. The minimum atomic E-state index is 0.684. The monoisotopic (exact) mass is 186 g/mol. The normalized spacial score (nSPS) is 14.6. The number of rotatable bonds is 0. The Bertz CT molecular complexity index is 428. The minimum Gasteiger partial charge on any atom is -0.387 e. The summed E-state index contributed by atoms with van der Waals surface area (Å²) in [5.41, 5.74) is 10.9. The van der Waals surface area contributed by atoms with Crippen molar-refractivity contribution >= 4 is 11.9 Å². The molecule has 14 heavy (non-hydrogen) atoms. The number of aliphatic imine (C=N–C) groups is 1. The van der Waals surface area contributed by atoms with Crippen LogP contribution in [-0.4, -0.2) is 5.84 Å². The van der Waals surface area contributed by atoms with Crippen LogP contribution in [0.15, 0.2) is 23.3 Å². The van der Waals surface area contributed by atoms with Crippen LogP contribution in [0, 0.1) is 13.8 Å². The van der Waals surface area contributed by atoms with Gasteiger partial charge in [0.1, 0.15) is 5.84 Å². The zero-order chi connectivity index (χ0) is 10.1. The van der Waals surface area contributed by atoms with Gasteiger partial charge in [-0.2, -0.15) is 0 Å². The van der Waals surface area contributed by atoms with Crippen LogP contribution in [0.2, 0.25) is 0 Å². The number of hydrogen-bond acceptors (Lipinski definition) is 2. The average molecular weight is 186 g/mol. The molecule has 0 bridgehead atoms. The van der Waals surface area contributed by atoms with E-state index in [0.717, 1.165) is 6.42 Å². The topological polar surface area (TPSA) is 38.4 Å². The summed E-state index contributed by atoms with van der Waals surface area (Å²) in [6.07, 6.45) is 4.54. The van der Waals surface area contributed by atoms with Crippen molar-refractivity contribution < 1.29 is 0 Å². The molecule has 0 unspecified atom stereocenters. The molecule has 0 radical (unpaired) electrons. The molecule has 0 spiro atoms. The largest absolute Gasteiger partial charge is 0.387 e. The van der Waals surface area contributed by atoms with Gasteiger partial charge in [-0.1, -0.05) is 12.1 Å². The molecule has 0 saturated carbocycles. The highest BCUT2D eigenvalue weighted by atomic mass is 14.8. The van der Waals surface area contributed by atoms with E-state index in [1.807, 2.05) is 6.08 Å². The molecule has 0 aromatic heterocycles. The highest BCUT2D eigenvalue weighted by Crippen LogP contribution is 2.19. The zero-order valence-corrected chi connectivity index (χ0v) is 8.54. The van der Waals surface area contributed by atoms with Crippen LogP contribution in [0.4, 0.5) is 0 Å². The lowest BCUT2D eigenvalue weighted by atomic mass is 9.98. The standard InChI is InChI=1S/C12H14N2/c1-8-5-10-3-4-14-12(13)7-11(10)6-9(8)2/h3-6H,7H2,1-2H3,(H2,13,14). The minimum absolute atomic E-state index is 0.684. The summed E-state index contributed by atoms with van der Waals surface area (Å²) in [5, 5.41) is 0. The Balaban J connectivity index is 2.55.